The number of benzene rings is 2. The Morgan fingerprint density at radius 2 is 2.11 bits per heavy atom. The topological polar surface area (TPSA) is 28.7 Å². The van der Waals surface area contributed by atoms with E-state index in [1.165, 1.54) is 6.07 Å². The van der Waals surface area contributed by atoms with E-state index in [1.807, 2.05) is 25.1 Å². The monoisotopic (exact) mass is 274 g/mol. The smallest absolute Gasteiger partial charge is 0.128 e. The van der Waals surface area contributed by atoms with Gasteiger partial charge in [0, 0.05) is 22.5 Å². The molecule has 0 bridgehead atoms. The summed E-state index contributed by atoms with van der Waals surface area (Å²) in [5.74, 6) is -0.289. The number of hydrogen-bond acceptors (Lipinski definition) is 1. The number of rotatable bonds is 2. The van der Waals surface area contributed by atoms with E-state index in [-0.39, 0.29) is 5.82 Å². The van der Waals surface area contributed by atoms with Crippen molar-refractivity contribution in [3.8, 4) is 0 Å². The number of nitrogens with one attached hydrogen (secondary N) is 1. The van der Waals surface area contributed by atoms with E-state index in [0.29, 0.717) is 17.0 Å². The lowest BCUT2D eigenvalue weighted by Crippen LogP contribution is -1.93. The molecule has 0 atom stereocenters. The molecule has 0 unspecified atom stereocenters. The van der Waals surface area contributed by atoms with Gasteiger partial charge in [-0.15, -0.1) is 0 Å². The highest BCUT2D eigenvalue weighted by atomic mass is 35.5. The maximum Gasteiger partial charge on any atom is 0.128 e. The summed E-state index contributed by atoms with van der Waals surface area (Å²) in [5, 5.41) is 8.73. The average Bonchev–Trinajstić information content (AvgIpc) is 2.78. The molecule has 0 aliphatic rings. The van der Waals surface area contributed by atoms with Crippen molar-refractivity contribution in [3.63, 3.8) is 0 Å². The number of nitrogens with zero attached hydrogens (tertiary/aromatic N) is 1. The van der Waals surface area contributed by atoms with Gasteiger partial charge in [0.05, 0.1) is 5.52 Å². The summed E-state index contributed by atoms with van der Waals surface area (Å²) >= 11 is 5.75. The highest BCUT2D eigenvalue weighted by Gasteiger charge is 2.10. The van der Waals surface area contributed by atoms with E-state index in [0.717, 1.165) is 22.2 Å². The lowest BCUT2D eigenvalue weighted by atomic mass is 10.0. The van der Waals surface area contributed by atoms with Crippen molar-refractivity contribution in [1.82, 2.24) is 10.2 Å². The number of H-pyrrole nitrogens is 1. The van der Waals surface area contributed by atoms with Gasteiger partial charge in [-0.2, -0.15) is 5.10 Å². The number of fused-ring (bicyclic) bond motifs is 1. The number of aryl methyl sites for hydroxylation is 1. The summed E-state index contributed by atoms with van der Waals surface area (Å²) in [6.07, 6.45) is 0.475. The van der Waals surface area contributed by atoms with Crippen LogP contribution in [-0.4, -0.2) is 10.2 Å². The summed E-state index contributed by atoms with van der Waals surface area (Å²) in [4.78, 5) is 0. The maximum absolute atomic E-state index is 13.8. The summed E-state index contributed by atoms with van der Waals surface area (Å²) in [7, 11) is 0. The van der Waals surface area contributed by atoms with Gasteiger partial charge in [0.1, 0.15) is 5.82 Å². The molecule has 2 aromatic carbocycles. The van der Waals surface area contributed by atoms with Gasteiger partial charge >= 0.3 is 0 Å². The van der Waals surface area contributed by atoms with Crippen LogP contribution in [0.2, 0.25) is 5.02 Å². The van der Waals surface area contributed by atoms with E-state index in [1.54, 1.807) is 12.1 Å². The molecule has 1 heterocycles. The summed E-state index contributed by atoms with van der Waals surface area (Å²) < 4.78 is 13.8. The molecule has 3 aromatic rings. The van der Waals surface area contributed by atoms with Crippen LogP contribution in [0.5, 0.6) is 0 Å². The molecule has 1 N–H and O–H groups in total. The van der Waals surface area contributed by atoms with Gasteiger partial charge in [-0.05, 0) is 30.2 Å². The third-order valence-electron chi connectivity index (χ3n) is 3.25. The van der Waals surface area contributed by atoms with Crippen LogP contribution in [-0.2, 0) is 6.42 Å². The van der Waals surface area contributed by atoms with Crippen LogP contribution in [0.15, 0.2) is 36.4 Å². The Hall–Kier alpha value is -1.87. The van der Waals surface area contributed by atoms with Gasteiger partial charge < -0.3 is 0 Å². The van der Waals surface area contributed by atoms with Crippen LogP contribution in [0.3, 0.4) is 0 Å². The fourth-order valence-electron chi connectivity index (χ4n) is 2.22. The van der Waals surface area contributed by atoms with Gasteiger partial charge in [0.15, 0.2) is 0 Å². The predicted molar refractivity (Wildman–Crippen MR) is 75.0 cm³/mol. The predicted octanol–water partition coefficient (Wildman–Crippen LogP) is 4.25. The normalized spacial score (nSPS) is 11.1. The molecule has 3 rings (SSSR count). The minimum atomic E-state index is -0.289. The van der Waals surface area contributed by atoms with E-state index in [9.17, 15) is 4.39 Å². The van der Waals surface area contributed by atoms with Gasteiger partial charge in [-0.3, -0.25) is 5.10 Å². The molecule has 0 amide bonds. The largest absolute Gasteiger partial charge is 0.281 e. The molecule has 0 aliphatic heterocycles. The molecule has 0 radical (unpaired) electrons. The standard InChI is InChI=1S/C15H12ClFN2/c1-9-3-2-4-12-14(18-19-15(9)12)7-10-5-6-11(16)8-13(10)17/h2-6,8H,7H2,1H3,(H,18,19). The second kappa shape index (κ2) is 4.67. The van der Waals surface area contributed by atoms with Crippen LogP contribution in [0.1, 0.15) is 16.8 Å². The second-order valence-electron chi connectivity index (χ2n) is 4.59. The molecule has 2 nitrogen and oxygen atoms in total. The highest BCUT2D eigenvalue weighted by Crippen LogP contribution is 2.23. The molecule has 19 heavy (non-hydrogen) atoms. The number of hydrogen-bond donors (Lipinski definition) is 1. The zero-order chi connectivity index (χ0) is 13.4. The average molecular weight is 275 g/mol. The molecule has 0 spiro atoms. The van der Waals surface area contributed by atoms with Gasteiger partial charge in [0.25, 0.3) is 0 Å². The van der Waals surface area contributed by atoms with E-state index in [2.05, 4.69) is 10.2 Å². The summed E-state index contributed by atoms with van der Waals surface area (Å²) in [5.41, 5.74) is 3.57. The van der Waals surface area contributed by atoms with Gasteiger partial charge in [-0.25, -0.2) is 4.39 Å². The quantitative estimate of drug-likeness (QED) is 0.743. The number of aromatic amines is 1. The molecular weight excluding hydrogens is 263 g/mol. The van der Waals surface area contributed by atoms with Crippen LogP contribution >= 0.6 is 11.6 Å². The second-order valence-corrected chi connectivity index (χ2v) is 5.02. The molecule has 0 aliphatic carbocycles. The van der Waals surface area contributed by atoms with Crippen molar-refractivity contribution >= 4 is 22.5 Å². The number of aromatic nitrogens is 2. The maximum atomic E-state index is 13.8. The first kappa shape index (κ1) is 12.2. The van der Waals surface area contributed by atoms with Crippen molar-refractivity contribution in [2.75, 3.05) is 0 Å². The highest BCUT2D eigenvalue weighted by molar-refractivity contribution is 6.30. The van der Waals surface area contributed by atoms with Crippen LogP contribution in [0.4, 0.5) is 4.39 Å². The van der Waals surface area contributed by atoms with Crippen molar-refractivity contribution in [3.05, 3.63) is 64.1 Å². The number of halogens is 2. The summed E-state index contributed by atoms with van der Waals surface area (Å²) in [6, 6.07) is 10.7. The lowest BCUT2D eigenvalue weighted by molar-refractivity contribution is 0.613. The first-order chi connectivity index (χ1) is 9.15. The van der Waals surface area contributed by atoms with Crippen LogP contribution in [0, 0.1) is 12.7 Å². The third-order valence-corrected chi connectivity index (χ3v) is 3.48. The summed E-state index contributed by atoms with van der Waals surface area (Å²) in [6.45, 7) is 2.01. The fraction of sp³-hybridized carbons (Fsp3) is 0.133. The fourth-order valence-corrected chi connectivity index (χ4v) is 2.38. The van der Waals surface area contributed by atoms with Crippen molar-refractivity contribution < 1.29 is 4.39 Å². The molecule has 1 aromatic heterocycles. The first-order valence-electron chi connectivity index (χ1n) is 6.01. The van der Waals surface area contributed by atoms with Gasteiger partial charge in [0.2, 0.25) is 0 Å². The van der Waals surface area contributed by atoms with Crippen molar-refractivity contribution in [2.24, 2.45) is 0 Å². The lowest BCUT2D eigenvalue weighted by Gasteiger charge is -2.02. The Kier molecular flexibility index (Phi) is 2.99. The third kappa shape index (κ3) is 2.22. The molecule has 0 saturated heterocycles. The van der Waals surface area contributed by atoms with Crippen molar-refractivity contribution in [2.45, 2.75) is 13.3 Å². The van der Waals surface area contributed by atoms with E-state index in [4.69, 9.17) is 11.6 Å². The molecular formula is C15H12ClFN2. The Balaban J connectivity index is 2.04. The minimum Gasteiger partial charge on any atom is -0.281 e. The van der Waals surface area contributed by atoms with Crippen LogP contribution < -0.4 is 0 Å². The van der Waals surface area contributed by atoms with Gasteiger partial charge in [-0.1, -0.05) is 35.9 Å². The Morgan fingerprint density at radius 3 is 2.89 bits per heavy atom. The zero-order valence-corrected chi connectivity index (χ0v) is 11.1. The van der Waals surface area contributed by atoms with Crippen LogP contribution in [0.25, 0.3) is 10.9 Å². The molecule has 0 saturated carbocycles. The van der Waals surface area contributed by atoms with Crippen molar-refractivity contribution in [1.29, 1.82) is 0 Å². The van der Waals surface area contributed by atoms with E-state index < -0.39 is 0 Å². The first-order valence-corrected chi connectivity index (χ1v) is 6.39. The number of para-hydroxylation sites is 1. The zero-order valence-electron chi connectivity index (χ0n) is 10.4. The SMILES string of the molecule is Cc1cccc2c(Cc3ccc(Cl)cc3F)[nH]nc12. The van der Waals surface area contributed by atoms with E-state index >= 15 is 0 Å². The molecule has 96 valence electrons. The Morgan fingerprint density at radius 1 is 1.26 bits per heavy atom. The Bertz CT molecular complexity index is 749. The molecule has 0 fully saturated rings. The minimum absolute atomic E-state index is 0.289. The molecule has 4 heteroatoms. The Labute approximate surface area is 115 Å².